The molecule has 0 bridgehead atoms. The normalized spacial score (nSPS) is 10.3. The molecule has 0 unspecified atom stereocenters. The molecule has 1 rings (SSSR count). The van der Waals surface area contributed by atoms with Crippen molar-refractivity contribution in [1.29, 1.82) is 0 Å². The molecule has 0 saturated heterocycles. The minimum atomic E-state index is 0.646. The number of rotatable bonds is 4. The number of halogens is 2. The van der Waals surface area contributed by atoms with Crippen LogP contribution >= 0.6 is 27.5 Å². The zero-order valence-corrected chi connectivity index (χ0v) is 10.6. The number of likely N-dealkylation sites (N-methyl/N-ethyl adjacent to an activating group) is 1. The SMILES string of the molecule is CNCCc1cc(Br)cc(Cl)c1OC. The van der Waals surface area contributed by atoms with Gasteiger partial charge in [-0.1, -0.05) is 27.5 Å². The zero-order valence-electron chi connectivity index (χ0n) is 8.23. The summed E-state index contributed by atoms with van der Waals surface area (Å²) in [6.45, 7) is 0.906. The predicted molar refractivity (Wildman–Crippen MR) is 63.3 cm³/mol. The van der Waals surface area contributed by atoms with E-state index in [4.69, 9.17) is 16.3 Å². The summed E-state index contributed by atoms with van der Waals surface area (Å²) in [5, 5.41) is 3.74. The quantitative estimate of drug-likeness (QED) is 0.914. The Labute approximate surface area is 97.7 Å². The van der Waals surface area contributed by atoms with Crippen molar-refractivity contribution < 1.29 is 4.74 Å². The standard InChI is InChI=1S/C10H13BrClNO/c1-13-4-3-7-5-8(11)6-9(12)10(7)14-2/h5-6,13H,3-4H2,1-2H3. The zero-order chi connectivity index (χ0) is 10.6. The van der Waals surface area contributed by atoms with Gasteiger partial charge in [-0.3, -0.25) is 0 Å². The lowest BCUT2D eigenvalue weighted by Crippen LogP contribution is -2.11. The van der Waals surface area contributed by atoms with E-state index in [0.29, 0.717) is 5.02 Å². The van der Waals surface area contributed by atoms with Gasteiger partial charge < -0.3 is 10.1 Å². The largest absolute Gasteiger partial charge is 0.495 e. The first-order valence-electron chi connectivity index (χ1n) is 4.35. The number of nitrogens with one attached hydrogen (secondary N) is 1. The van der Waals surface area contributed by atoms with Gasteiger partial charge in [0, 0.05) is 4.47 Å². The van der Waals surface area contributed by atoms with Crippen LogP contribution in [0, 0.1) is 0 Å². The first-order chi connectivity index (χ1) is 6.69. The number of benzene rings is 1. The highest BCUT2D eigenvalue weighted by molar-refractivity contribution is 9.10. The highest BCUT2D eigenvalue weighted by Gasteiger charge is 2.08. The smallest absolute Gasteiger partial charge is 0.140 e. The van der Waals surface area contributed by atoms with Crippen LogP contribution in [0.3, 0.4) is 0 Å². The highest BCUT2D eigenvalue weighted by Crippen LogP contribution is 2.32. The Morgan fingerprint density at radius 1 is 1.50 bits per heavy atom. The molecule has 1 aromatic carbocycles. The molecule has 0 aromatic heterocycles. The Balaban J connectivity index is 2.99. The summed E-state index contributed by atoms with van der Waals surface area (Å²) in [5.74, 6) is 0.769. The van der Waals surface area contributed by atoms with Gasteiger partial charge in [-0.15, -0.1) is 0 Å². The second-order valence-electron chi connectivity index (χ2n) is 2.93. The van der Waals surface area contributed by atoms with E-state index in [1.54, 1.807) is 7.11 Å². The van der Waals surface area contributed by atoms with Gasteiger partial charge >= 0.3 is 0 Å². The van der Waals surface area contributed by atoms with Crippen LogP contribution in [-0.2, 0) is 6.42 Å². The fraction of sp³-hybridized carbons (Fsp3) is 0.400. The van der Waals surface area contributed by atoms with Crippen LogP contribution in [0.1, 0.15) is 5.56 Å². The van der Waals surface area contributed by atoms with Gasteiger partial charge in [0.15, 0.2) is 0 Å². The summed E-state index contributed by atoms with van der Waals surface area (Å²) in [4.78, 5) is 0. The summed E-state index contributed by atoms with van der Waals surface area (Å²) in [5.41, 5.74) is 1.11. The molecule has 4 heteroatoms. The third kappa shape index (κ3) is 2.87. The maximum absolute atomic E-state index is 6.04. The lowest BCUT2D eigenvalue weighted by molar-refractivity contribution is 0.409. The molecule has 0 spiro atoms. The Morgan fingerprint density at radius 2 is 2.21 bits per heavy atom. The van der Waals surface area contributed by atoms with E-state index < -0.39 is 0 Å². The van der Waals surface area contributed by atoms with Crippen molar-refractivity contribution in [2.75, 3.05) is 20.7 Å². The van der Waals surface area contributed by atoms with E-state index >= 15 is 0 Å². The van der Waals surface area contributed by atoms with Gasteiger partial charge in [-0.05, 0) is 37.7 Å². The van der Waals surface area contributed by atoms with Crippen LogP contribution in [0.4, 0.5) is 0 Å². The Bertz CT molecular complexity index is 317. The maximum atomic E-state index is 6.04. The van der Waals surface area contributed by atoms with Crippen molar-refractivity contribution in [3.05, 3.63) is 27.2 Å². The summed E-state index contributed by atoms with van der Waals surface area (Å²) in [7, 11) is 3.56. The van der Waals surface area contributed by atoms with Crippen molar-refractivity contribution in [2.45, 2.75) is 6.42 Å². The molecule has 0 saturated carbocycles. The van der Waals surface area contributed by atoms with Crippen LogP contribution in [0.25, 0.3) is 0 Å². The van der Waals surface area contributed by atoms with Crippen molar-refractivity contribution in [1.82, 2.24) is 5.32 Å². The van der Waals surface area contributed by atoms with Gasteiger partial charge in [-0.2, -0.15) is 0 Å². The molecular formula is C10H13BrClNO. The molecule has 0 aliphatic heterocycles. The van der Waals surface area contributed by atoms with Crippen molar-refractivity contribution >= 4 is 27.5 Å². The van der Waals surface area contributed by atoms with E-state index in [1.807, 2.05) is 19.2 Å². The number of hydrogen-bond donors (Lipinski definition) is 1. The maximum Gasteiger partial charge on any atom is 0.140 e. The van der Waals surface area contributed by atoms with Crippen LogP contribution in [0.2, 0.25) is 5.02 Å². The fourth-order valence-corrected chi connectivity index (χ4v) is 2.24. The summed E-state index contributed by atoms with van der Waals surface area (Å²) in [6, 6.07) is 3.87. The number of hydrogen-bond acceptors (Lipinski definition) is 2. The van der Waals surface area contributed by atoms with E-state index in [2.05, 4.69) is 21.2 Å². The van der Waals surface area contributed by atoms with Gasteiger partial charge in [0.05, 0.1) is 12.1 Å². The predicted octanol–water partition coefficient (Wildman–Crippen LogP) is 2.87. The van der Waals surface area contributed by atoms with Crippen molar-refractivity contribution in [3.63, 3.8) is 0 Å². The van der Waals surface area contributed by atoms with Crippen LogP contribution in [0.15, 0.2) is 16.6 Å². The van der Waals surface area contributed by atoms with E-state index in [9.17, 15) is 0 Å². The van der Waals surface area contributed by atoms with E-state index in [0.717, 1.165) is 28.8 Å². The second-order valence-corrected chi connectivity index (χ2v) is 4.26. The molecule has 14 heavy (non-hydrogen) atoms. The lowest BCUT2D eigenvalue weighted by atomic mass is 10.1. The van der Waals surface area contributed by atoms with Crippen LogP contribution in [-0.4, -0.2) is 20.7 Å². The Hall–Kier alpha value is -0.250. The molecule has 0 aliphatic carbocycles. The van der Waals surface area contributed by atoms with Gasteiger partial charge in [0.1, 0.15) is 5.75 Å². The van der Waals surface area contributed by atoms with Gasteiger partial charge in [-0.25, -0.2) is 0 Å². The third-order valence-electron chi connectivity index (χ3n) is 1.93. The van der Waals surface area contributed by atoms with Gasteiger partial charge in [0.2, 0.25) is 0 Å². The Morgan fingerprint density at radius 3 is 2.79 bits per heavy atom. The molecular weight excluding hydrogens is 265 g/mol. The van der Waals surface area contributed by atoms with Crippen molar-refractivity contribution in [2.24, 2.45) is 0 Å². The topological polar surface area (TPSA) is 21.3 Å². The summed E-state index contributed by atoms with van der Waals surface area (Å²) < 4.78 is 6.23. The van der Waals surface area contributed by atoms with E-state index in [1.165, 1.54) is 0 Å². The molecule has 78 valence electrons. The molecule has 0 radical (unpaired) electrons. The molecule has 1 aromatic rings. The highest BCUT2D eigenvalue weighted by atomic mass is 79.9. The van der Waals surface area contributed by atoms with Crippen LogP contribution in [0.5, 0.6) is 5.75 Å². The molecule has 0 fully saturated rings. The fourth-order valence-electron chi connectivity index (χ4n) is 1.29. The van der Waals surface area contributed by atoms with Crippen molar-refractivity contribution in [3.8, 4) is 5.75 Å². The monoisotopic (exact) mass is 277 g/mol. The second kappa shape index (κ2) is 5.59. The van der Waals surface area contributed by atoms with Crippen LogP contribution < -0.4 is 10.1 Å². The first kappa shape index (κ1) is 11.8. The van der Waals surface area contributed by atoms with Gasteiger partial charge in [0.25, 0.3) is 0 Å². The molecule has 0 heterocycles. The summed E-state index contributed by atoms with van der Waals surface area (Å²) in [6.07, 6.45) is 0.902. The molecule has 2 nitrogen and oxygen atoms in total. The van der Waals surface area contributed by atoms with E-state index in [-0.39, 0.29) is 0 Å². The molecule has 0 amide bonds. The average molecular weight is 279 g/mol. The first-order valence-corrected chi connectivity index (χ1v) is 5.52. The average Bonchev–Trinajstić information content (AvgIpc) is 2.14. The third-order valence-corrected chi connectivity index (χ3v) is 2.67. The molecule has 0 aliphatic rings. The number of methoxy groups -OCH3 is 1. The molecule has 0 atom stereocenters. The Kier molecular flexibility index (Phi) is 4.72. The minimum Gasteiger partial charge on any atom is -0.495 e. The number of ether oxygens (including phenoxy) is 1. The lowest BCUT2D eigenvalue weighted by Gasteiger charge is -2.10. The molecule has 1 N–H and O–H groups in total. The minimum absolute atomic E-state index is 0.646. The summed E-state index contributed by atoms with van der Waals surface area (Å²) >= 11 is 9.45.